The molecule has 2 nitrogen and oxygen atoms in total. The van der Waals surface area contributed by atoms with Crippen molar-refractivity contribution >= 4 is 17.0 Å². The van der Waals surface area contributed by atoms with E-state index >= 15 is 0 Å². The second-order valence-electron chi connectivity index (χ2n) is 2.11. The summed E-state index contributed by atoms with van der Waals surface area (Å²) < 4.78 is 0. The Kier molecular flexibility index (Phi) is 4.50. The lowest BCUT2D eigenvalue weighted by Gasteiger charge is -2.08. The molecule has 0 saturated carbocycles. The van der Waals surface area contributed by atoms with Crippen molar-refractivity contribution in [1.29, 1.82) is 0 Å². The molecule has 0 bridgehead atoms. The van der Waals surface area contributed by atoms with Crippen molar-refractivity contribution in [2.75, 3.05) is 0 Å². The molecule has 0 aliphatic heterocycles. The zero-order valence-electron chi connectivity index (χ0n) is 5.78. The molecular formula is C6H12ClNO. The zero-order chi connectivity index (χ0) is 7.28. The van der Waals surface area contributed by atoms with Crippen LogP contribution in [0.2, 0.25) is 0 Å². The molecule has 1 amide bonds. The maximum Gasteiger partial charge on any atom is 0.313 e. The fourth-order valence-corrected chi connectivity index (χ4v) is 0.885. The van der Waals surface area contributed by atoms with E-state index in [0.29, 0.717) is 0 Å². The first kappa shape index (κ1) is 8.76. The number of hydrogen-bond acceptors (Lipinski definition) is 1. The van der Waals surface area contributed by atoms with Crippen molar-refractivity contribution in [3.05, 3.63) is 0 Å². The normalized spacial score (nSPS) is 12.8. The Morgan fingerprint density at radius 1 is 1.78 bits per heavy atom. The van der Waals surface area contributed by atoms with Gasteiger partial charge >= 0.3 is 5.37 Å². The standard InChI is InChI=1S/C6H12ClNO/c1-3-4-5(2)8-6(7)9/h5H,3-4H2,1-2H3,(H,8,9). The van der Waals surface area contributed by atoms with Crippen LogP contribution in [0.5, 0.6) is 0 Å². The number of halogens is 1. The minimum Gasteiger partial charge on any atom is -0.340 e. The molecule has 54 valence electrons. The third-order valence-electron chi connectivity index (χ3n) is 1.08. The predicted molar refractivity (Wildman–Crippen MR) is 38.8 cm³/mol. The average molecular weight is 150 g/mol. The van der Waals surface area contributed by atoms with Gasteiger partial charge in [-0.1, -0.05) is 13.3 Å². The van der Waals surface area contributed by atoms with Gasteiger partial charge in [-0.25, -0.2) is 0 Å². The number of rotatable bonds is 3. The zero-order valence-corrected chi connectivity index (χ0v) is 6.53. The van der Waals surface area contributed by atoms with E-state index in [1.807, 2.05) is 6.92 Å². The lowest BCUT2D eigenvalue weighted by atomic mass is 10.2. The lowest BCUT2D eigenvalue weighted by molar-refractivity contribution is 0.256. The Bertz CT molecular complexity index is 95.1. The second-order valence-corrected chi connectivity index (χ2v) is 2.45. The first-order chi connectivity index (χ1) is 4.16. The van der Waals surface area contributed by atoms with Crippen LogP contribution in [-0.4, -0.2) is 11.4 Å². The van der Waals surface area contributed by atoms with Crippen molar-refractivity contribution in [3.8, 4) is 0 Å². The van der Waals surface area contributed by atoms with Crippen molar-refractivity contribution in [2.24, 2.45) is 0 Å². The Hall–Kier alpha value is -0.240. The highest BCUT2D eigenvalue weighted by Gasteiger charge is 2.00. The van der Waals surface area contributed by atoms with Gasteiger partial charge in [0.15, 0.2) is 0 Å². The van der Waals surface area contributed by atoms with E-state index in [-0.39, 0.29) is 6.04 Å². The van der Waals surface area contributed by atoms with Crippen LogP contribution in [0.3, 0.4) is 0 Å². The van der Waals surface area contributed by atoms with Crippen LogP contribution in [0.25, 0.3) is 0 Å². The number of nitrogens with one attached hydrogen (secondary N) is 1. The van der Waals surface area contributed by atoms with Gasteiger partial charge in [0.05, 0.1) is 0 Å². The summed E-state index contributed by atoms with van der Waals surface area (Å²) in [6.07, 6.45) is 2.05. The topological polar surface area (TPSA) is 29.1 Å². The molecular weight excluding hydrogens is 138 g/mol. The molecule has 0 radical (unpaired) electrons. The summed E-state index contributed by atoms with van der Waals surface area (Å²) in [7, 11) is 0. The number of amides is 1. The van der Waals surface area contributed by atoms with Crippen molar-refractivity contribution in [2.45, 2.75) is 32.7 Å². The highest BCUT2D eigenvalue weighted by molar-refractivity contribution is 6.62. The summed E-state index contributed by atoms with van der Waals surface area (Å²) in [6.45, 7) is 4.00. The Labute approximate surface area is 60.6 Å². The summed E-state index contributed by atoms with van der Waals surface area (Å²) in [5.74, 6) is 0. The Morgan fingerprint density at radius 2 is 2.33 bits per heavy atom. The van der Waals surface area contributed by atoms with Gasteiger partial charge in [0, 0.05) is 6.04 Å². The molecule has 0 saturated heterocycles. The minimum atomic E-state index is -0.462. The van der Waals surface area contributed by atoms with Crippen LogP contribution < -0.4 is 5.32 Å². The average Bonchev–Trinajstić information content (AvgIpc) is 1.63. The van der Waals surface area contributed by atoms with E-state index < -0.39 is 5.37 Å². The number of carbonyl (C=O) groups excluding carboxylic acids is 1. The van der Waals surface area contributed by atoms with E-state index in [2.05, 4.69) is 12.2 Å². The largest absolute Gasteiger partial charge is 0.340 e. The molecule has 0 aliphatic carbocycles. The van der Waals surface area contributed by atoms with Crippen LogP contribution in [0.1, 0.15) is 26.7 Å². The smallest absolute Gasteiger partial charge is 0.313 e. The van der Waals surface area contributed by atoms with Gasteiger partial charge in [-0.15, -0.1) is 0 Å². The maximum atomic E-state index is 10.2. The number of hydrogen-bond donors (Lipinski definition) is 1. The molecule has 0 spiro atoms. The van der Waals surface area contributed by atoms with Gasteiger partial charge in [-0.3, -0.25) is 4.79 Å². The number of carbonyl (C=O) groups is 1. The van der Waals surface area contributed by atoms with Gasteiger partial charge in [-0.05, 0) is 24.9 Å². The lowest BCUT2D eigenvalue weighted by Crippen LogP contribution is -2.27. The molecule has 0 aromatic rings. The third-order valence-corrected chi connectivity index (χ3v) is 1.19. The van der Waals surface area contributed by atoms with E-state index in [1.54, 1.807) is 0 Å². The maximum absolute atomic E-state index is 10.2. The van der Waals surface area contributed by atoms with Gasteiger partial charge < -0.3 is 5.32 Å². The summed E-state index contributed by atoms with van der Waals surface area (Å²) >= 11 is 5.06. The molecule has 0 heterocycles. The van der Waals surface area contributed by atoms with E-state index in [4.69, 9.17) is 11.6 Å². The summed E-state index contributed by atoms with van der Waals surface area (Å²) in [4.78, 5) is 10.2. The van der Waals surface area contributed by atoms with E-state index in [0.717, 1.165) is 12.8 Å². The SMILES string of the molecule is CCCC(C)NC(=O)Cl. The Morgan fingerprint density at radius 3 is 2.67 bits per heavy atom. The third kappa shape index (κ3) is 5.63. The highest BCUT2D eigenvalue weighted by Crippen LogP contribution is 1.95. The quantitative estimate of drug-likeness (QED) is 0.484. The monoisotopic (exact) mass is 149 g/mol. The summed E-state index contributed by atoms with van der Waals surface area (Å²) in [5.41, 5.74) is 0. The molecule has 1 atom stereocenters. The van der Waals surface area contributed by atoms with Crippen LogP contribution in [0.4, 0.5) is 4.79 Å². The van der Waals surface area contributed by atoms with Crippen LogP contribution in [0, 0.1) is 0 Å². The Balaban J connectivity index is 3.26. The van der Waals surface area contributed by atoms with Gasteiger partial charge in [0.1, 0.15) is 0 Å². The molecule has 1 N–H and O–H groups in total. The fraction of sp³-hybridized carbons (Fsp3) is 0.833. The molecule has 0 rings (SSSR count). The van der Waals surface area contributed by atoms with Crippen molar-refractivity contribution in [3.63, 3.8) is 0 Å². The molecule has 0 aromatic heterocycles. The predicted octanol–water partition coefficient (Wildman–Crippen LogP) is 2.12. The molecule has 0 fully saturated rings. The van der Waals surface area contributed by atoms with Gasteiger partial charge in [-0.2, -0.15) is 0 Å². The first-order valence-electron chi connectivity index (χ1n) is 3.12. The first-order valence-corrected chi connectivity index (χ1v) is 3.50. The summed E-state index contributed by atoms with van der Waals surface area (Å²) in [5, 5.41) is 2.11. The van der Waals surface area contributed by atoms with Crippen LogP contribution in [0.15, 0.2) is 0 Å². The van der Waals surface area contributed by atoms with Gasteiger partial charge in [0.2, 0.25) is 0 Å². The van der Waals surface area contributed by atoms with Crippen LogP contribution >= 0.6 is 11.6 Å². The van der Waals surface area contributed by atoms with Crippen molar-refractivity contribution in [1.82, 2.24) is 5.32 Å². The molecule has 1 unspecified atom stereocenters. The van der Waals surface area contributed by atoms with Crippen LogP contribution in [-0.2, 0) is 0 Å². The molecule has 9 heavy (non-hydrogen) atoms. The second kappa shape index (κ2) is 4.62. The summed E-state index contributed by atoms with van der Waals surface area (Å²) in [6, 6.07) is 0.208. The molecule has 3 heteroatoms. The minimum absolute atomic E-state index is 0.208. The molecule has 0 aromatic carbocycles. The van der Waals surface area contributed by atoms with E-state index in [1.165, 1.54) is 0 Å². The highest BCUT2D eigenvalue weighted by atomic mass is 35.5. The fourth-order valence-electron chi connectivity index (χ4n) is 0.699. The molecule has 0 aliphatic rings. The van der Waals surface area contributed by atoms with Gasteiger partial charge in [0.25, 0.3) is 0 Å². The van der Waals surface area contributed by atoms with E-state index in [9.17, 15) is 4.79 Å². The van der Waals surface area contributed by atoms with Crippen molar-refractivity contribution < 1.29 is 4.79 Å².